The first kappa shape index (κ1) is 14.8. The highest BCUT2D eigenvalue weighted by Crippen LogP contribution is 2.26. The minimum Gasteiger partial charge on any atom is -0.497 e. The number of nitrogens with zero attached hydrogens (tertiary/aromatic N) is 1. The molecular weight excluding hydrogens is 262 g/mol. The van der Waals surface area contributed by atoms with Crippen LogP contribution in [0, 0.1) is 11.8 Å². The minimum atomic E-state index is 0.623. The zero-order chi connectivity index (χ0) is 14.7. The lowest BCUT2D eigenvalue weighted by atomic mass is 9.85. The molecule has 2 N–H and O–H groups in total. The topological polar surface area (TPSA) is 36.5 Å². The Morgan fingerprint density at radius 3 is 3.05 bits per heavy atom. The zero-order valence-electron chi connectivity index (χ0n) is 13.1. The van der Waals surface area contributed by atoms with Crippen LogP contribution in [-0.2, 0) is 6.54 Å². The van der Waals surface area contributed by atoms with Crippen LogP contribution < -0.4 is 15.6 Å². The van der Waals surface area contributed by atoms with E-state index in [4.69, 9.17) is 4.74 Å². The first-order valence-electron chi connectivity index (χ1n) is 8.10. The molecule has 2 aliphatic rings. The highest BCUT2D eigenvalue weighted by atomic mass is 16.5. The lowest BCUT2D eigenvalue weighted by molar-refractivity contribution is 0.134. The number of nitrogens with one attached hydrogen (secondary N) is 2. The summed E-state index contributed by atoms with van der Waals surface area (Å²) in [6.07, 6.45) is 2.65. The van der Waals surface area contributed by atoms with E-state index in [0.717, 1.165) is 30.7 Å². The van der Waals surface area contributed by atoms with E-state index in [-0.39, 0.29) is 0 Å². The second-order valence-electron chi connectivity index (χ2n) is 6.52. The highest BCUT2D eigenvalue weighted by molar-refractivity contribution is 5.28. The Morgan fingerprint density at radius 2 is 2.29 bits per heavy atom. The van der Waals surface area contributed by atoms with Gasteiger partial charge in [0.1, 0.15) is 5.75 Å². The fourth-order valence-corrected chi connectivity index (χ4v) is 3.75. The number of hydrogen-bond acceptors (Lipinski definition) is 4. The molecule has 0 amide bonds. The molecule has 3 rings (SSSR count). The quantitative estimate of drug-likeness (QED) is 0.889. The summed E-state index contributed by atoms with van der Waals surface area (Å²) in [5, 5.41) is 0. The largest absolute Gasteiger partial charge is 0.497 e. The maximum atomic E-state index is 5.32. The Kier molecular flexibility index (Phi) is 4.78. The molecule has 3 atom stereocenters. The van der Waals surface area contributed by atoms with Gasteiger partial charge in [0.05, 0.1) is 7.11 Å². The fourth-order valence-electron chi connectivity index (χ4n) is 3.75. The molecule has 4 nitrogen and oxygen atoms in total. The Morgan fingerprint density at radius 1 is 1.38 bits per heavy atom. The van der Waals surface area contributed by atoms with Crippen LogP contribution in [0.15, 0.2) is 24.3 Å². The summed E-state index contributed by atoms with van der Waals surface area (Å²) in [7, 11) is 1.73. The number of benzene rings is 1. The van der Waals surface area contributed by atoms with Gasteiger partial charge in [0, 0.05) is 25.7 Å². The molecule has 1 aromatic carbocycles. The van der Waals surface area contributed by atoms with Gasteiger partial charge in [0.2, 0.25) is 0 Å². The van der Waals surface area contributed by atoms with E-state index in [1.807, 2.05) is 6.07 Å². The average Bonchev–Trinajstić information content (AvgIpc) is 2.94. The van der Waals surface area contributed by atoms with Gasteiger partial charge in [-0.3, -0.25) is 15.8 Å². The van der Waals surface area contributed by atoms with Crippen LogP contribution in [0.5, 0.6) is 5.75 Å². The van der Waals surface area contributed by atoms with Gasteiger partial charge < -0.3 is 4.74 Å². The van der Waals surface area contributed by atoms with Gasteiger partial charge >= 0.3 is 0 Å². The van der Waals surface area contributed by atoms with Crippen LogP contribution in [0.2, 0.25) is 0 Å². The summed E-state index contributed by atoms with van der Waals surface area (Å²) in [6, 6.07) is 9.07. The van der Waals surface area contributed by atoms with Gasteiger partial charge in [-0.05, 0) is 48.9 Å². The van der Waals surface area contributed by atoms with Crippen LogP contribution >= 0.6 is 0 Å². The van der Waals surface area contributed by atoms with Crippen molar-refractivity contribution in [1.29, 1.82) is 0 Å². The summed E-state index contributed by atoms with van der Waals surface area (Å²) in [6.45, 7) is 6.88. The van der Waals surface area contributed by atoms with Gasteiger partial charge in [0.25, 0.3) is 0 Å². The van der Waals surface area contributed by atoms with Crippen molar-refractivity contribution < 1.29 is 4.74 Å². The standard InChI is InChI=1S/C17H27N3O/c1-13-10-18-19-17(13)15-6-4-8-20(12-15)11-14-5-3-7-16(9-14)21-2/h3,5,7,9,13,15,17-19H,4,6,8,10-12H2,1-2H3. The summed E-state index contributed by atoms with van der Waals surface area (Å²) in [5.41, 5.74) is 8.14. The number of ether oxygens (including phenoxy) is 1. The van der Waals surface area contributed by atoms with Crippen LogP contribution in [0.1, 0.15) is 25.3 Å². The SMILES string of the molecule is COc1cccc(CN2CCCC(C3NNCC3C)C2)c1. The third-order valence-corrected chi connectivity index (χ3v) is 4.90. The monoisotopic (exact) mass is 289 g/mol. The van der Waals surface area contributed by atoms with E-state index in [2.05, 4.69) is 40.9 Å². The predicted molar refractivity (Wildman–Crippen MR) is 85.1 cm³/mol. The maximum absolute atomic E-state index is 5.32. The molecule has 2 heterocycles. The summed E-state index contributed by atoms with van der Waals surface area (Å²) < 4.78 is 5.32. The maximum Gasteiger partial charge on any atom is 0.119 e. The van der Waals surface area contributed by atoms with Crippen molar-refractivity contribution in [2.24, 2.45) is 11.8 Å². The van der Waals surface area contributed by atoms with E-state index in [1.54, 1.807) is 7.11 Å². The van der Waals surface area contributed by atoms with Crippen molar-refractivity contribution in [2.45, 2.75) is 32.4 Å². The molecule has 1 aromatic rings. The average molecular weight is 289 g/mol. The molecule has 0 aliphatic carbocycles. The van der Waals surface area contributed by atoms with Crippen molar-refractivity contribution >= 4 is 0 Å². The van der Waals surface area contributed by atoms with E-state index in [1.165, 1.54) is 31.5 Å². The third kappa shape index (κ3) is 3.57. The molecule has 21 heavy (non-hydrogen) atoms. The van der Waals surface area contributed by atoms with E-state index in [9.17, 15) is 0 Å². The molecule has 2 fully saturated rings. The lowest BCUT2D eigenvalue weighted by Crippen LogP contribution is -2.46. The first-order valence-corrected chi connectivity index (χ1v) is 8.10. The van der Waals surface area contributed by atoms with E-state index < -0.39 is 0 Å². The minimum absolute atomic E-state index is 0.623. The van der Waals surface area contributed by atoms with Crippen molar-refractivity contribution in [3.8, 4) is 5.75 Å². The number of hydrazine groups is 1. The smallest absolute Gasteiger partial charge is 0.119 e. The number of hydrogen-bond donors (Lipinski definition) is 2. The van der Waals surface area contributed by atoms with E-state index in [0.29, 0.717) is 6.04 Å². The molecule has 4 heteroatoms. The van der Waals surface area contributed by atoms with Crippen LogP contribution in [0.25, 0.3) is 0 Å². The molecule has 3 unspecified atom stereocenters. The van der Waals surface area contributed by atoms with Crippen molar-refractivity contribution in [2.75, 3.05) is 26.7 Å². The summed E-state index contributed by atoms with van der Waals surface area (Å²) >= 11 is 0. The third-order valence-electron chi connectivity index (χ3n) is 4.90. The second kappa shape index (κ2) is 6.77. The molecular formula is C17H27N3O. The molecule has 0 aromatic heterocycles. The molecule has 0 radical (unpaired) electrons. The summed E-state index contributed by atoms with van der Waals surface area (Å²) in [5.74, 6) is 2.44. The van der Waals surface area contributed by atoms with E-state index >= 15 is 0 Å². The Labute approximate surface area is 127 Å². The summed E-state index contributed by atoms with van der Waals surface area (Å²) in [4.78, 5) is 2.59. The molecule has 116 valence electrons. The van der Waals surface area contributed by atoms with Gasteiger partial charge in [-0.15, -0.1) is 0 Å². The van der Waals surface area contributed by atoms with Crippen molar-refractivity contribution in [1.82, 2.24) is 15.8 Å². The molecule has 2 saturated heterocycles. The normalized spacial score (nSPS) is 30.5. The zero-order valence-corrected chi connectivity index (χ0v) is 13.1. The molecule has 0 saturated carbocycles. The van der Waals surface area contributed by atoms with Crippen LogP contribution in [0.3, 0.4) is 0 Å². The lowest BCUT2D eigenvalue weighted by Gasteiger charge is -2.36. The van der Waals surface area contributed by atoms with Gasteiger partial charge in [-0.25, -0.2) is 0 Å². The predicted octanol–water partition coefficient (Wildman–Crippen LogP) is 2.02. The molecule has 0 spiro atoms. The van der Waals surface area contributed by atoms with Gasteiger partial charge in [-0.1, -0.05) is 19.1 Å². The first-order chi connectivity index (χ1) is 10.3. The van der Waals surface area contributed by atoms with Gasteiger partial charge in [0.15, 0.2) is 0 Å². The van der Waals surface area contributed by atoms with Crippen LogP contribution in [0.4, 0.5) is 0 Å². The fraction of sp³-hybridized carbons (Fsp3) is 0.647. The van der Waals surface area contributed by atoms with Crippen molar-refractivity contribution in [3.63, 3.8) is 0 Å². The van der Waals surface area contributed by atoms with Crippen molar-refractivity contribution in [3.05, 3.63) is 29.8 Å². The van der Waals surface area contributed by atoms with Gasteiger partial charge in [-0.2, -0.15) is 0 Å². The number of likely N-dealkylation sites (tertiary alicyclic amines) is 1. The number of methoxy groups -OCH3 is 1. The Bertz CT molecular complexity index is 465. The number of rotatable bonds is 4. The second-order valence-corrected chi connectivity index (χ2v) is 6.52. The molecule has 2 aliphatic heterocycles. The number of piperidine rings is 1. The van der Waals surface area contributed by atoms with Crippen LogP contribution in [-0.4, -0.2) is 37.7 Å². The Hall–Kier alpha value is -1.10. The Balaban J connectivity index is 1.60. The molecule has 0 bridgehead atoms. The highest BCUT2D eigenvalue weighted by Gasteiger charge is 2.33.